The van der Waals surface area contributed by atoms with E-state index in [2.05, 4.69) is 0 Å². The molecular weight excluding hydrogens is 225 g/mol. The molecule has 0 bridgehead atoms. The summed E-state index contributed by atoms with van der Waals surface area (Å²) in [5.74, 6) is 0. The third-order valence-electron chi connectivity index (χ3n) is 0. The van der Waals surface area contributed by atoms with E-state index in [1.165, 1.54) is 0 Å². The number of rotatable bonds is 0. The van der Waals surface area contributed by atoms with Gasteiger partial charge in [-0.1, -0.05) is 0 Å². The zero-order valence-corrected chi connectivity index (χ0v) is 11.3. The van der Waals surface area contributed by atoms with Gasteiger partial charge in [-0.2, -0.15) is 0 Å². The Bertz CT molecular complexity index is 128. The van der Waals surface area contributed by atoms with E-state index >= 15 is 0 Å². The maximum Gasteiger partial charge on any atom is 1.00 e. The van der Waals surface area contributed by atoms with Crippen molar-refractivity contribution in [3.63, 3.8) is 0 Å². The van der Waals surface area contributed by atoms with Gasteiger partial charge in [-0.25, -0.2) is 0 Å². The summed E-state index contributed by atoms with van der Waals surface area (Å²) in [4.78, 5) is 0. The molecule has 0 radical (unpaired) electrons. The van der Waals surface area contributed by atoms with Crippen LogP contribution in [0.3, 0.4) is 0 Å². The molecule has 0 aliphatic carbocycles. The summed E-state index contributed by atoms with van der Waals surface area (Å²) in [7, 11) is -7.77. The van der Waals surface area contributed by atoms with Gasteiger partial charge < -0.3 is 18.4 Å². The van der Waals surface area contributed by atoms with Gasteiger partial charge in [0, 0.05) is 15.1 Å². The molecule has 0 aliphatic rings. The second-order valence-corrected chi connectivity index (χ2v) is 1.83. The Labute approximate surface area is 110 Å². The monoisotopic (exact) mass is 226 g/mol. The van der Waals surface area contributed by atoms with E-state index in [1.54, 1.807) is 0 Å². The fourth-order valence-corrected chi connectivity index (χ4v) is 0. The fraction of sp³-hybridized carbons (Fsp3) is 0. The quantitative estimate of drug-likeness (QED) is 0.245. The summed E-state index contributed by atoms with van der Waals surface area (Å²) in [6.07, 6.45) is 0. The van der Waals surface area contributed by atoms with E-state index in [0.717, 1.165) is 0 Å². The first-order valence-electron chi connectivity index (χ1n) is 1.14. The predicted octanol–water partition coefficient (Wildman–Crippen LogP) is -10.3. The van der Waals surface area contributed by atoms with Gasteiger partial charge in [0.2, 0.25) is 0 Å². The normalized spacial score (nSPS) is 8.55. The van der Waals surface area contributed by atoms with Crippen LogP contribution in [0.5, 0.6) is 0 Å². The van der Waals surface area contributed by atoms with E-state index in [9.17, 15) is 0 Å². The predicted molar refractivity (Wildman–Crippen MR) is 12.7 cm³/mol. The largest absolute Gasteiger partial charge is 1.00 e. The molecule has 0 spiro atoms. The van der Waals surface area contributed by atoms with E-state index in [1.807, 2.05) is 0 Å². The van der Waals surface area contributed by atoms with Crippen LogP contribution in [0.25, 0.3) is 0 Å². The van der Waals surface area contributed by atoms with Crippen LogP contribution in [0.1, 0.15) is 0 Å². The minimum atomic E-state index is -5.17. The SMILES string of the molecule is O=S(=O)([O-])[O-].[Na+].[Na+].[O-][Cl+2]([O-])O. The molecule has 58 valence electrons. The molecule has 7 nitrogen and oxygen atoms in total. The molecule has 0 atom stereocenters. The molecule has 0 fully saturated rings. The Balaban J connectivity index is -0.0000000383. The van der Waals surface area contributed by atoms with Crippen LogP contribution >= 0.6 is 0 Å². The standard InChI is InChI=1S/ClHO3.2Na.H2O4S/c2-1(3)4;;;1-5(2,3)4/h2H;;;(H2,1,2,3,4)/q;2*+1;/p-2. The molecule has 11 heteroatoms. The van der Waals surface area contributed by atoms with Crippen molar-refractivity contribution in [3.8, 4) is 0 Å². The van der Waals surface area contributed by atoms with Gasteiger partial charge in [0.05, 0.1) is 0 Å². The topological polar surface area (TPSA) is 147 Å². The van der Waals surface area contributed by atoms with E-state index in [-0.39, 0.29) is 59.1 Å². The van der Waals surface area contributed by atoms with Crippen molar-refractivity contribution in [2.45, 2.75) is 0 Å². The summed E-state index contributed by atoms with van der Waals surface area (Å²) >= 11 is 0. The number of halogens is 1. The molecule has 0 aromatic rings. The van der Waals surface area contributed by atoms with Gasteiger partial charge in [0.1, 0.15) is 0 Å². The summed E-state index contributed by atoms with van der Waals surface area (Å²) in [5.41, 5.74) is 0. The first-order valence-corrected chi connectivity index (χ1v) is 3.43. The Morgan fingerprint density at radius 3 is 1.09 bits per heavy atom. The molecule has 0 amide bonds. The molecule has 0 rings (SSSR count). The van der Waals surface area contributed by atoms with Gasteiger partial charge in [0.15, 0.2) is 0 Å². The molecule has 0 aliphatic heterocycles. The molecule has 1 N–H and O–H groups in total. The van der Waals surface area contributed by atoms with Crippen molar-refractivity contribution in [1.29, 1.82) is 0 Å². The zero-order valence-electron chi connectivity index (χ0n) is 5.68. The minimum absolute atomic E-state index is 0. The maximum absolute atomic E-state index is 8.52. The van der Waals surface area contributed by atoms with E-state index in [4.69, 9.17) is 31.5 Å². The maximum atomic E-state index is 8.52. The first kappa shape index (κ1) is 23.1. The van der Waals surface area contributed by atoms with Gasteiger partial charge in [-0.15, -0.1) is 0 Å². The van der Waals surface area contributed by atoms with Crippen molar-refractivity contribution >= 4 is 10.4 Å². The molecular formula is HClNa2O7S. The third kappa shape index (κ3) is 292. The van der Waals surface area contributed by atoms with Crippen molar-refractivity contribution in [3.05, 3.63) is 0 Å². The second-order valence-electron chi connectivity index (χ2n) is 0.609. The fourth-order valence-electron chi connectivity index (χ4n) is 0. The Hall–Kier alpha value is 2.04. The Morgan fingerprint density at radius 2 is 1.09 bits per heavy atom. The number of hydrogen-bond donors (Lipinski definition) is 1. The van der Waals surface area contributed by atoms with Gasteiger partial charge in [-0.3, -0.25) is 8.42 Å². The zero-order chi connectivity index (χ0) is 8.08. The molecule has 0 heterocycles. The van der Waals surface area contributed by atoms with Crippen LogP contribution in [0.15, 0.2) is 0 Å². The van der Waals surface area contributed by atoms with Crippen LogP contribution < -0.4 is 68.4 Å². The molecule has 0 unspecified atom stereocenters. The van der Waals surface area contributed by atoms with Crippen LogP contribution in [-0.4, -0.2) is 22.2 Å². The van der Waals surface area contributed by atoms with Crippen molar-refractivity contribution in [2.75, 3.05) is 0 Å². The summed E-state index contributed by atoms with van der Waals surface area (Å²) in [6, 6.07) is 0. The molecule has 11 heavy (non-hydrogen) atoms. The van der Waals surface area contributed by atoms with Crippen molar-refractivity contribution in [1.82, 2.24) is 0 Å². The Morgan fingerprint density at radius 1 is 1.09 bits per heavy atom. The van der Waals surface area contributed by atoms with E-state index in [0.29, 0.717) is 0 Å². The minimum Gasteiger partial charge on any atom is -0.759 e. The Kier molecular flexibility index (Phi) is 25.3. The van der Waals surface area contributed by atoms with Crippen molar-refractivity contribution < 1.29 is 101 Å². The van der Waals surface area contributed by atoms with Gasteiger partial charge in [0.25, 0.3) is 10.8 Å². The summed E-state index contributed by atoms with van der Waals surface area (Å²) < 4.78 is 58.1. The average molecular weight is 227 g/mol. The molecule has 0 saturated heterocycles. The van der Waals surface area contributed by atoms with Crippen LogP contribution in [0.2, 0.25) is 0 Å². The molecule has 0 saturated carbocycles. The smallest absolute Gasteiger partial charge is 0.759 e. The van der Waals surface area contributed by atoms with Crippen LogP contribution in [0, 0.1) is 10.8 Å². The first-order chi connectivity index (χ1) is 3.73. The summed E-state index contributed by atoms with van der Waals surface area (Å²) in [6.45, 7) is 0. The number of hydrogen-bond acceptors (Lipinski definition) is 7. The van der Waals surface area contributed by atoms with E-state index < -0.39 is 21.2 Å². The molecule has 0 aromatic carbocycles. The van der Waals surface area contributed by atoms with Crippen LogP contribution in [0.4, 0.5) is 0 Å². The second kappa shape index (κ2) is 12.0. The van der Waals surface area contributed by atoms with Crippen molar-refractivity contribution in [2.24, 2.45) is 0 Å². The van der Waals surface area contributed by atoms with Gasteiger partial charge >= 0.3 is 59.1 Å². The molecule has 0 aromatic heterocycles. The van der Waals surface area contributed by atoms with Gasteiger partial charge in [-0.05, 0) is 0 Å². The third-order valence-corrected chi connectivity index (χ3v) is 0. The average Bonchev–Trinajstić information content (AvgIpc) is 1.19. The summed E-state index contributed by atoms with van der Waals surface area (Å²) in [5, 5.41) is 0. The van der Waals surface area contributed by atoms with Crippen LogP contribution in [-0.2, 0) is 10.4 Å².